The first-order chi connectivity index (χ1) is 19.3. The van der Waals surface area contributed by atoms with Crippen molar-refractivity contribution in [2.75, 3.05) is 10.0 Å². The van der Waals surface area contributed by atoms with Crippen LogP contribution in [0.5, 0.6) is 11.5 Å². The first kappa shape index (κ1) is 27.2. The second-order valence-corrected chi connectivity index (χ2v) is 11.1. The van der Waals surface area contributed by atoms with Crippen molar-refractivity contribution in [1.29, 1.82) is 0 Å². The monoisotopic (exact) mass is 589 g/mol. The summed E-state index contributed by atoms with van der Waals surface area (Å²) in [5, 5.41) is 3.49. The molecule has 4 aromatic carbocycles. The maximum absolute atomic E-state index is 13.2. The number of nitrogens with one attached hydrogen (secondary N) is 2. The number of halogens is 2. The van der Waals surface area contributed by atoms with Crippen LogP contribution in [0.4, 0.5) is 11.4 Å². The summed E-state index contributed by atoms with van der Waals surface area (Å²) in [6.07, 6.45) is 1.70. The number of hydrogen-bond acceptors (Lipinski definition) is 5. The predicted molar refractivity (Wildman–Crippen MR) is 158 cm³/mol. The fourth-order valence-corrected chi connectivity index (χ4v) is 5.22. The lowest BCUT2D eigenvalue weighted by atomic mass is 10.1. The van der Waals surface area contributed by atoms with E-state index < -0.39 is 15.9 Å². The van der Waals surface area contributed by atoms with Gasteiger partial charge in [0.05, 0.1) is 26.9 Å². The fourth-order valence-electron chi connectivity index (χ4n) is 3.79. The van der Waals surface area contributed by atoms with E-state index in [1.54, 1.807) is 42.6 Å². The molecule has 0 aliphatic carbocycles. The Labute approximate surface area is 241 Å². The molecule has 0 spiro atoms. The number of para-hydroxylation sites is 1. The molecule has 1 aromatic heterocycles. The molecule has 10 heteroatoms. The SMILES string of the molecule is O=C(Nc1ccc(-c2ccccn2)cc1)c1cc(Cl)ccc1NS(=O)(=O)c1ccc(Oc2ccccc2Cl)cc1. The third kappa shape index (κ3) is 6.43. The van der Waals surface area contributed by atoms with E-state index in [4.69, 9.17) is 27.9 Å². The molecule has 0 saturated carbocycles. The Hall–Kier alpha value is -4.37. The molecule has 2 N–H and O–H groups in total. The number of sulfonamides is 1. The summed E-state index contributed by atoms with van der Waals surface area (Å²) >= 11 is 12.3. The Morgan fingerprint density at radius 3 is 2.23 bits per heavy atom. The van der Waals surface area contributed by atoms with Crippen LogP contribution in [0, 0.1) is 0 Å². The number of amides is 1. The average molecular weight is 590 g/mol. The van der Waals surface area contributed by atoms with Crippen LogP contribution in [0.2, 0.25) is 10.0 Å². The van der Waals surface area contributed by atoms with Crippen molar-refractivity contribution in [3.05, 3.63) is 131 Å². The molecule has 0 fully saturated rings. The van der Waals surface area contributed by atoms with E-state index in [0.29, 0.717) is 22.2 Å². The third-order valence-corrected chi connectivity index (χ3v) is 7.70. The zero-order valence-electron chi connectivity index (χ0n) is 20.7. The molecular weight excluding hydrogens is 569 g/mol. The van der Waals surface area contributed by atoms with Gasteiger partial charge in [-0.1, -0.05) is 53.5 Å². The van der Waals surface area contributed by atoms with Gasteiger partial charge in [-0.05, 0) is 78.9 Å². The van der Waals surface area contributed by atoms with Gasteiger partial charge in [0.2, 0.25) is 0 Å². The van der Waals surface area contributed by atoms with Gasteiger partial charge in [-0.25, -0.2) is 8.42 Å². The van der Waals surface area contributed by atoms with Gasteiger partial charge in [0.15, 0.2) is 0 Å². The third-order valence-electron chi connectivity index (χ3n) is 5.77. The van der Waals surface area contributed by atoms with Gasteiger partial charge in [-0.15, -0.1) is 0 Å². The highest BCUT2D eigenvalue weighted by Crippen LogP contribution is 2.30. The van der Waals surface area contributed by atoms with E-state index in [-0.39, 0.29) is 21.2 Å². The minimum absolute atomic E-state index is 0.0228. The van der Waals surface area contributed by atoms with E-state index in [9.17, 15) is 13.2 Å². The second kappa shape index (κ2) is 11.8. The van der Waals surface area contributed by atoms with Crippen LogP contribution in [-0.4, -0.2) is 19.3 Å². The Bertz CT molecular complexity index is 1760. The van der Waals surface area contributed by atoms with Crippen LogP contribution in [0.15, 0.2) is 120 Å². The number of pyridine rings is 1. The van der Waals surface area contributed by atoms with Crippen molar-refractivity contribution in [2.24, 2.45) is 0 Å². The summed E-state index contributed by atoms with van der Waals surface area (Å²) in [5.41, 5.74) is 2.34. The van der Waals surface area contributed by atoms with Gasteiger partial charge >= 0.3 is 0 Å². The molecule has 200 valence electrons. The zero-order chi connectivity index (χ0) is 28.1. The van der Waals surface area contributed by atoms with Crippen molar-refractivity contribution in [3.63, 3.8) is 0 Å². The lowest BCUT2D eigenvalue weighted by Gasteiger charge is -2.14. The standard InChI is InChI=1S/C30H21Cl2N3O4S/c31-21-10-17-28(25(19-21)30(36)34-22-11-8-20(9-12-22)27-6-3-4-18-33-27)35-40(37,38)24-15-13-23(14-16-24)39-29-7-2-1-5-26(29)32/h1-19,35H,(H,34,36). The molecule has 7 nitrogen and oxygen atoms in total. The van der Waals surface area contributed by atoms with Crippen LogP contribution in [0.3, 0.4) is 0 Å². The number of carbonyl (C=O) groups is 1. The molecule has 5 aromatic rings. The molecule has 1 heterocycles. The van der Waals surface area contributed by atoms with Crippen LogP contribution >= 0.6 is 23.2 Å². The molecule has 0 atom stereocenters. The largest absolute Gasteiger partial charge is 0.456 e. The van der Waals surface area contributed by atoms with Crippen molar-refractivity contribution in [3.8, 4) is 22.8 Å². The number of benzene rings is 4. The number of ether oxygens (including phenoxy) is 1. The number of anilines is 2. The smallest absolute Gasteiger partial charge is 0.261 e. The summed E-state index contributed by atoms with van der Waals surface area (Å²) in [6.45, 7) is 0. The van der Waals surface area contributed by atoms with E-state index >= 15 is 0 Å². The van der Waals surface area contributed by atoms with E-state index in [0.717, 1.165) is 11.3 Å². The highest BCUT2D eigenvalue weighted by Gasteiger charge is 2.20. The van der Waals surface area contributed by atoms with Gasteiger partial charge < -0.3 is 10.1 Å². The highest BCUT2D eigenvalue weighted by molar-refractivity contribution is 7.92. The summed E-state index contributed by atoms with van der Waals surface area (Å²) in [4.78, 5) is 17.5. The van der Waals surface area contributed by atoms with Crippen molar-refractivity contribution in [2.45, 2.75) is 4.90 Å². The first-order valence-corrected chi connectivity index (χ1v) is 14.2. The van der Waals surface area contributed by atoms with Crippen LogP contribution in [0.25, 0.3) is 11.3 Å². The molecule has 0 unspecified atom stereocenters. The van der Waals surface area contributed by atoms with Gasteiger partial charge in [-0.2, -0.15) is 0 Å². The molecule has 0 aliphatic rings. The summed E-state index contributed by atoms with van der Waals surface area (Å²) in [5.74, 6) is 0.322. The topological polar surface area (TPSA) is 97.4 Å². The van der Waals surface area contributed by atoms with Crippen molar-refractivity contribution < 1.29 is 17.9 Å². The average Bonchev–Trinajstić information content (AvgIpc) is 2.96. The lowest BCUT2D eigenvalue weighted by Crippen LogP contribution is -2.18. The maximum atomic E-state index is 13.2. The maximum Gasteiger partial charge on any atom is 0.261 e. The molecular formula is C30H21Cl2N3O4S. The summed E-state index contributed by atoms with van der Waals surface area (Å²) < 4.78 is 34.6. The fraction of sp³-hybridized carbons (Fsp3) is 0. The zero-order valence-corrected chi connectivity index (χ0v) is 23.0. The van der Waals surface area contributed by atoms with E-state index in [1.807, 2.05) is 30.3 Å². The predicted octanol–water partition coefficient (Wildman–Crippen LogP) is 7.90. The normalized spacial score (nSPS) is 11.1. The summed E-state index contributed by atoms with van der Waals surface area (Å²) in [7, 11) is -4.05. The molecule has 40 heavy (non-hydrogen) atoms. The Balaban J connectivity index is 1.32. The molecule has 0 bridgehead atoms. The van der Waals surface area contributed by atoms with Crippen LogP contribution in [0.1, 0.15) is 10.4 Å². The molecule has 1 amide bonds. The minimum Gasteiger partial charge on any atom is -0.456 e. The number of carbonyl (C=O) groups excluding carboxylic acids is 1. The second-order valence-electron chi connectivity index (χ2n) is 8.55. The number of rotatable bonds is 8. The van der Waals surface area contributed by atoms with E-state index in [1.165, 1.54) is 42.5 Å². The van der Waals surface area contributed by atoms with Gasteiger partial charge in [-0.3, -0.25) is 14.5 Å². The number of hydrogen-bond donors (Lipinski definition) is 2. The molecule has 5 rings (SSSR count). The van der Waals surface area contributed by atoms with Crippen molar-refractivity contribution >= 4 is 50.5 Å². The highest BCUT2D eigenvalue weighted by atomic mass is 35.5. The van der Waals surface area contributed by atoms with Gasteiger partial charge in [0.25, 0.3) is 15.9 Å². The van der Waals surface area contributed by atoms with E-state index in [2.05, 4.69) is 15.0 Å². The molecule has 0 saturated heterocycles. The first-order valence-electron chi connectivity index (χ1n) is 12.0. The summed E-state index contributed by atoms with van der Waals surface area (Å²) in [6, 6.07) is 29.9. The Morgan fingerprint density at radius 2 is 1.52 bits per heavy atom. The van der Waals surface area contributed by atoms with Crippen LogP contribution in [-0.2, 0) is 10.0 Å². The lowest BCUT2D eigenvalue weighted by molar-refractivity contribution is 0.102. The van der Waals surface area contributed by atoms with Crippen LogP contribution < -0.4 is 14.8 Å². The molecule has 0 aliphatic heterocycles. The number of nitrogens with zero attached hydrogens (tertiary/aromatic N) is 1. The Morgan fingerprint density at radius 1 is 0.800 bits per heavy atom. The van der Waals surface area contributed by atoms with Gasteiger partial charge in [0, 0.05) is 22.5 Å². The quantitative estimate of drug-likeness (QED) is 0.192. The van der Waals surface area contributed by atoms with Crippen molar-refractivity contribution in [1.82, 2.24) is 4.98 Å². The minimum atomic E-state index is -4.05. The number of aromatic nitrogens is 1. The Kier molecular flexibility index (Phi) is 8.02. The molecule has 0 radical (unpaired) electrons. The van der Waals surface area contributed by atoms with Gasteiger partial charge in [0.1, 0.15) is 11.5 Å².